The summed E-state index contributed by atoms with van der Waals surface area (Å²) in [4.78, 5) is 8.10. The highest BCUT2D eigenvalue weighted by Crippen LogP contribution is 2.54. The Hall–Kier alpha value is -5.22. The van der Waals surface area contributed by atoms with Crippen LogP contribution in [0.5, 0.6) is 0 Å². The lowest BCUT2D eigenvalue weighted by Crippen LogP contribution is -2.15. The summed E-state index contributed by atoms with van der Waals surface area (Å²) in [5, 5.41) is 2.55. The van der Waals surface area contributed by atoms with E-state index in [1.165, 1.54) is 68.1 Å². The molecule has 0 aliphatic heterocycles. The highest BCUT2D eigenvalue weighted by molar-refractivity contribution is 6.09. The number of hydrogen-bond acceptors (Lipinski definition) is 4. The van der Waals surface area contributed by atoms with Crippen LogP contribution in [0.25, 0.3) is 66.8 Å². The van der Waals surface area contributed by atoms with Gasteiger partial charge in [0, 0.05) is 16.5 Å². The molecule has 0 atom stereocenters. The number of rotatable bonds is 4. The van der Waals surface area contributed by atoms with Crippen LogP contribution in [-0.2, 0) is 5.41 Å². The van der Waals surface area contributed by atoms with Crippen molar-refractivity contribution in [3.8, 4) is 56.0 Å². The molecule has 0 amide bonds. The van der Waals surface area contributed by atoms with E-state index in [4.69, 9.17) is 8.83 Å². The molecule has 8 rings (SSSR count). The normalized spacial score (nSPS) is 13.3. The average molecular weight is 531 g/mol. The Morgan fingerprint density at radius 1 is 0.512 bits per heavy atom. The van der Waals surface area contributed by atoms with Gasteiger partial charge in [-0.05, 0) is 67.4 Å². The molecule has 0 bridgehead atoms. The van der Waals surface area contributed by atoms with E-state index in [9.17, 15) is 0 Å². The molecule has 7 aromatic rings. The van der Waals surface area contributed by atoms with E-state index in [0.717, 1.165) is 22.6 Å². The number of nitrogens with zero attached hydrogens (tertiary/aromatic N) is 2. The van der Waals surface area contributed by atoms with Crippen molar-refractivity contribution >= 4 is 10.8 Å². The maximum atomic E-state index is 5.51. The molecular weight excluding hydrogens is 504 g/mol. The third-order valence-corrected chi connectivity index (χ3v) is 8.53. The molecule has 0 unspecified atom stereocenters. The Balaban J connectivity index is 1.24. The molecular formula is C37H26N2O2. The standard InChI is InChI=1S/C37H26N2O2/c1-37(2)32-17-27(23-7-11-25(12-8-23)34-19-38-21-40-34)15-16-30(32)36-29-6-4-3-5-28(29)31(18-33(36)37)24-9-13-26(14-10-24)35-20-39-22-41-35/h3-22H,1-2H3. The molecule has 0 fully saturated rings. The van der Waals surface area contributed by atoms with Crippen LogP contribution >= 0.6 is 0 Å². The maximum Gasteiger partial charge on any atom is 0.181 e. The zero-order valence-corrected chi connectivity index (χ0v) is 22.8. The molecule has 1 aliphatic rings. The van der Waals surface area contributed by atoms with Crippen LogP contribution in [0.15, 0.2) is 131 Å². The smallest absolute Gasteiger partial charge is 0.181 e. The van der Waals surface area contributed by atoms with Gasteiger partial charge in [0.15, 0.2) is 24.3 Å². The number of aromatic nitrogens is 2. The van der Waals surface area contributed by atoms with Crippen molar-refractivity contribution in [3.05, 3.63) is 133 Å². The number of hydrogen-bond donors (Lipinski definition) is 0. The first-order chi connectivity index (χ1) is 20.1. The molecule has 0 radical (unpaired) electrons. The lowest BCUT2D eigenvalue weighted by Gasteiger charge is -2.23. The molecule has 2 heterocycles. The number of oxazole rings is 2. The maximum absolute atomic E-state index is 5.51. The molecule has 4 heteroatoms. The molecule has 0 N–H and O–H groups in total. The number of fused-ring (bicyclic) bond motifs is 5. The van der Waals surface area contributed by atoms with E-state index < -0.39 is 0 Å². The van der Waals surface area contributed by atoms with Crippen molar-refractivity contribution in [2.24, 2.45) is 0 Å². The Morgan fingerprint density at radius 3 is 1.68 bits per heavy atom. The second-order valence-electron chi connectivity index (χ2n) is 11.2. The summed E-state index contributed by atoms with van der Waals surface area (Å²) in [6, 6.07) is 35.2. The number of benzene rings is 5. The Morgan fingerprint density at radius 2 is 1.07 bits per heavy atom. The van der Waals surface area contributed by atoms with Crippen molar-refractivity contribution in [3.63, 3.8) is 0 Å². The van der Waals surface area contributed by atoms with Gasteiger partial charge in [-0.1, -0.05) is 98.8 Å². The van der Waals surface area contributed by atoms with Crippen LogP contribution in [0.2, 0.25) is 0 Å². The largest absolute Gasteiger partial charge is 0.444 e. The molecule has 2 aromatic heterocycles. The monoisotopic (exact) mass is 530 g/mol. The zero-order chi connectivity index (χ0) is 27.6. The third-order valence-electron chi connectivity index (χ3n) is 8.53. The van der Waals surface area contributed by atoms with Crippen LogP contribution < -0.4 is 0 Å². The fourth-order valence-electron chi connectivity index (χ4n) is 6.36. The van der Waals surface area contributed by atoms with Gasteiger partial charge in [0.1, 0.15) is 0 Å². The summed E-state index contributed by atoms with van der Waals surface area (Å²) < 4.78 is 11.0. The van der Waals surface area contributed by atoms with Crippen molar-refractivity contribution in [2.45, 2.75) is 19.3 Å². The summed E-state index contributed by atoms with van der Waals surface area (Å²) in [7, 11) is 0. The van der Waals surface area contributed by atoms with Crippen molar-refractivity contribution < 1.29 is 8.83 Å². The molecule has 0 saturated carbocycles. The SMILES string of the molecule is CC1(C)c2cc(-c3ccc(-c4cnco4)cc3)ccc2-c2c1cc(-c1ccc(-c3cnco3)cc1)c1ccccc21. The third kappa shape index (κ3) is 3.68. The van der Waals surface area contributed by atoms with Gasteiger partial charge in [-0.15, -0.1) is 0 Å². The average Bonchev–Trinajstić information content (AvgIpc) is 3.79. The first-order valence-corrected chi connectivity index (χ1v) is 13.8. The van der Waals surface area contributed by atoms with Gasteiger partial charge >= 0.3 is 0 Å². The van der Waals surface area contributed by atoms with E-state index >= 15 is 0 Å². The Kier molecular flexibility index (Phi) is 5.13. The molecule has 41 heavy (non-hydrogen) atoms. The van der Waals surface area contributed by atoms with Gasteiger partial charge in [-0.2, -0.15) is 0 Å². The molecule has 4 nitrogen and oxygen atoms in total. The van der Waals surface area contributed by atoms with Crippen LogP contribution in [0.1, 0.15) is 25.0 Å². The quantitative estimate of drug-likeness (QED) is 0.227. The molecule has 0 saturated heterocycles. The van der Waals surface area contributed by atoms with E-state index in [-0.39, 0.29) is 5.41 Å². The first kappa shape index (κ1) is 23.6. The predicted molar refractivity (Wildman–Crippen MR) is 163 cm³/mol. The highest BCUT2D eigenvalue weighted by atomic mass is 16.3. The van der Waals surface area contributed by atoms with E-state index in [1.807, 2.05) is 0 Å². The molecule has 5 aromatic carbocycles. The van der Waals surface area contributed by atoms with Crippen LogP contribution in [0.4, 0.5) is 0 Å². The minimum Gasteiger partial charge on any atom is -0.444 e. The van der Waals surface area contributed by atoms with Crippen molar-refractivity contribution in [1.29, 1.82) is 0 Å². The Bertz CT molecular complexity index is 2030. The van der Waals surface area contributed by atoms with Gasteiger partial charge in [0.25, 0.3) is 0 Å². The van der Waals surface area contributed by atoms with Gasteiger partial charge in [0.2, 0.25) is 0 Å². The molecule has 196 valence electrons. The summed E-state index contributed by atoms with van der Waals surface area (Å²) in [5.41, 5.74) is 12.1. The molecule has 1 aliphatic carbocycles. The summed E-state index contributed by atoms with van der Waals surface area (Å²) in [6.07, 6.45) is 6.43. The van der Waals surface area contributed by atoms with Gasteiger partial charge in [-0.25, -0.2) is 9.97 Å². The summed E-state index contributed by atoms with van der Waals surface area (Å²) >= 11 is 0. The second-order valence-corrected chi connectivity index (χ2v) is 11.2. The van der Waals surface area contributed by atoms with Crippen LogP contribution in [-0.4, -0.2) is 9.97 Å². The summed E-state index contributed by atoms with van der Waals surface area (Å²) in [5.74, 6) is 1.55. The van der Waals surface area contributed by atoms with E-state index in [1.54, 1.807) is 12.4 Å². The van der Waals surface area contributed by atoms with E-state index in [0.29, 0.717) is 0 Å². The second kappa shape index (κ2) is 8.90. The minimum atomic E-state index is -0.154. The van der Waals surface area contributed by atoms with Crippen molar-refractivity contribution in [2.75, 3.05) is 0 Å². The lowest BCUT2D eigenvalue weighted by atomic mass is 9.80. The fraction of sp³-hybridized carbons (Fsp3) is 0.0811. The Labute approximate surface area is 238 Å². The van der Waals surface area contributed by atoms with Gasteiger partial charge in [-0.3, -0.25) is 0 Å². The van der Waals surface area contributed by atoms with Gasteiger partial charge < -0.3 is 8.83 Å². The predicted octanol–water partition coefficient (Wildman–Crippen LogP) is 9.79. The first-order valence-electron chi connectivity index (χ1n) is 13.8. The minimum absolute atomic E-state index is 0.154. The van der Waals surface area contributed by atoms with Crippen molar-refractivity contribution in [1.82, 2.24) is 9.97 Å². The molecule has 0 spiro atoms. The lowest BCUT2D eigenvalue weighted by molar-refractivity contribution is 0.571. The summed E-state index contributed by atoms with van der Waals surface area (Å²) in [6.45, 7) is 4.69. The van der Waals surface area contributed by atoms with Crippen LogP contribution in [0.3, 0.4) is 0 Å². The van der Waals surface area contributed by atoms with Gasteiger partial charge in [0.05, 0.1) is 12.4 Å². The fourth-order valence-corrected chi connectivity index (χ4v) is 6.36. The zero-order valence-electron chi connectivity index (χ0n) is 22.8. The van der Waals surface area contributed by atoms with E-state index in [2.05, 4.69) is 121 Å². The van der Waals surface area contributed by atoms with Crippen LogP contribution in [0, 0.1) is 0 Å². The topological polar surface area (TPSA) is 52.1 Å². The highest BCUT2D eigenvalue weighted by Gasteiger charge is 2.37.